The van der Waals surface area contributed by atoms with E-state index in [2.05, 4.69) is 16.4 Å². The van der Waals surface area contributed by atoms with Gasteiger partial charge in [0.05, 0.1) is 11.0 Å². The quantitative estimate of drug-likeness (QED) is 0.770. The van der Waals surface area contributed by atoms with Crippen molar-refractivity contribution >= 4 is 33.9 Å². The van der Waals surface area contributed by atoms with Crippen LogP contribution in [0, 0.1) is 11.3 Å². The minimum Gasteiger partial charge on any atom is -0.311 e. The zero-order valence-electron chi connectivity index (χ0n) is 14.1. The molecule has 1 fully saturated rings. The van der Waals surface area contributed by atoms with Gasteiger partial charge in [0.2, 0.25) is 5.91 Å². The fourth-order valence-electron chi connectivity index (χ4n) is 3.76. The first-order valence-corrected chi connectivity index (χ1v) is 8.67. The maximum atomic E-state index is 11.8. The van der Waals surface area contributed by atoms with Gasteiger partial charge in [-0.15, -0.1) is 0 Å². The molecule has 0 radical (unpaired) electrons. The molecule has 0 saturated heterocycles. The first-order valence-electron chi connectivity index (χ1n) is 8.67. The van der Waals surface area contributed by atoms with Crippen LogP contribution in [-0.4, -0.2) is 20.4 Å². The SMILES string of the molecule is CC(=O)Nc1c(C#N)c2nc3ccccc3nc2n1C1CCCCC1. The van der Waals surface area contributed by atoms with Crippen molar-refractivity contribution in [1.29, 1.82) is 5.26 Å². The van der Waals surface area contributed by atoms with Crippen LogP contribution in [0.15, 0.2) is 24.3 Å². The van der Waals surface area contributed by atoms with Crippen LogP contribution in [0.1, 0.15) is 50.6 Å². The van der Waals surface area contributed by atoms with Gasteiger partial charge >= 0.3 is 0 Å². The van der Waals surface area contributed by atoms with Gasteiger partial charge in [-0.25, -0.2) is 9.97 Å². The van der Waals surface area contributed by atoms with Gasteiger partial charge in [-0.05, 0) is 25.0 Å². The highest BCUT2D eigenvalue weighted by atomic mass is 16.1. The Hall–Kier alpha value is -2.94. The largest absolute Gasteiger partial charge is 0.311 e. The standard InChI is InChI=1S/C19H19N5O/c1-12(25)21-18-14(11-20)17-19(24(18)13-7-3-2-4-8-13)23-16-10-6-5-9-15(16)22-17/h5-6,9-10,13H,2-4,7-8H2,1H3,(H,21,25). The number of nitriles is 1. The summed E-state index contributed by atoms with van der Waals surface area (Å²) < 4.78 is 2.04. The van der Waals surface area contributed by atoms with Gasteiger partial charge in [-0.3, -0.25) is 4.79 Å². The summed E-state index contributed by atoms with van der Waals surface area (Å²) in [5.74, 6) is 0.341. The molecule has 3 aromatic rings. The lowest BCUT2D eigenvalue weighted by Crippen LogP contribution is -2.18. The molecule has 6 heteroatoms. The summed E-state index contributed by atoms with van der Waals surface area (Å²) in [5.41, 5.74) is 3.19. The Labute approximate surface area is 145 Å². The average Bonchev–Trinajstić information content (AvgIpc) is 2.91. The van der Waals surface area contributed by atoms with Crippen molar-refractivity contribution < 1.29 is 4.79 Å². The van der Waals surface area contributed by atoms with Crippen LogP contribution in [0.5, 0.6) is 0 Å². The monoisotopic (exact) mass is 333 g/mol. The van der Waals surface area contributed by atoms with Crippen LogP contribution in [0.2, 0.25) is 0 Å². The molecule has 126 valence electrons. The van der Waals surface area contributed by atoms with Gasteiger partial charge < -0.3 is 9.88 Å². The second-order valence-electron chi connectivity index (χ2n) is 6.56. The molecule has 2 aromatic heterocycles. The molecule has 4 rings (SSSR count). The van der Waals surface area contributed by atoms with Crippen molar-refractivity contribution in [3.63, 3.8) is 0 Å². The van der Waals surface area contributed by atoms with Crippen molar-refractivity contribution in [2.45, 2.75) is 45.1 Å². The molecule has 0 bridgehead atoms. The number of hydrogen-bond acceptors (Lipinski definition) is 4. The minimum absolute atomic E-state index is 0.194. The van der Waals surface area contributed by atoms with E-state index in [-0.39, 0.29) is 11.9 Å². The fourth-order valence-corrected chi connectivity index (χ4v) is 3.76. The van der Waals surface area contributed by atoms with Crippen molar-refractivity contribution in [1.82, 2.24) is 14.5 Å². The number of anilines is 1. The Morgan fingerprint density at radius 1 is 1.20 bits per heavy atom. The minimum atomic E-state index is -0.194. The van der Waals surface area contributed by atoms with Gasteiger partial charge in [0, 0.05) is 13.0 Å². The zero-order valence-corrected chi connectivity index (χ0v) is 14.1. The summed E-state index contributed by atoms with van der Waals surface area (Å²) in [4.78, 5) is 21.2. The van der Waals surface area contributed by atoms with E-state index in [0.29, 0.717) is 22.5 Å². The van der Waals surface area contributed by atoms with Gasteiger partial charge in [-0.1, -0.05) is 31.4 Å². The van der Waals surface area contributed by atoms with E-state index in [0.717, 1.165) is 36.7 Å². The van der Waals surface area contributed by atoms with Crippen LogP contribution in [0.4, 0.5) is 5.82 Å². The zero-order chi connectivity index (χ0) is 17.4. The summed E-state index contributed by atoms with van der Waals surface area (Å²) in [7, 11) is 0. The second kappa shape index (κ2) is 6.17. The summed E-state index contributed by atoms with van der Waals surface area (Å²) in [6.07, 6.45) is 5.57. The van der Waals surface area contributed by atoms with E-state index >= 15 is 0 Å². The molecule has 1 aliphatic rings. The number of nitrogens with zero attached hydrogens (tertiary/aromatic N) is 4. The van der Waals surface area contributed by atoms with Crippen molar-refractivity contribution in [3.05, 3.63) is 29.8 Å². The van der Waals surface area contributed by atoms with Gasteiger partial charge in [0.15, 0.2) is 5.65 Å². The average molecular weight is 333 g/mol. The molecule has 0 atom stereocenters. The number of nitrogens with one attached hydrogen (secondary N) is 1. The lowest BCUT2D eigenvalue weighted by atomic mass is 9.95. The Bertz CT molecular complexity index is 1010. The highest BCUT2D eigenvalue weighted by Gasteiger charge is 2.27. The number of carbonyl (C=O) groups excluding carboxylic acids is 1. The number of amides is 1. The Balaban J connectivity index is 2.05. The van der Waals surface area contributed by atoms with Crippen LogP contribution < -0.4 is 5.32 Å². The Morgan fingerprint density at radius 2 is 1.88 bits per heavy atom. The molecule has 1 amide bonds. The molecule has 1 aliphatic carbocycles. The molecule has 0 spiro atoms. The topological polar surface area (TPSA) is 83.6 Å². The number of rotatable bonds is 2. The Kier molecular flexibility index (Phi) is 3.85. The van der Waals surface area contributed by atoms with Crippen LogP contribution in [-0.2, 0) is 4.79 Å². The summed E-state index contributed by atoms with van der Waals surface area (Å²) in [5, 5.41) is 12.6. The van der Waals surface area contributed by atoms with Crippen LogP contribution >= 0.6 is 0 Å². The highest BCUT2D eigenvalue weighted by molar-refractivity contribution is 5.98. The number of hydrogen-bond donors (Lipinski definition) is 1. The smallest absolute Gasteiger partial charge is 0.222 e. The van der Waals surface area contributed by atoms with Crippen LogP contribution in [0.25, 0.3) is 22.2 Å². The fraction of sp³-hybridized carbons (Fsp3) is 0.368. The van der Waals surface area contributed by atoms with Crippen molar-refractivity contribution in [2.75, 3.05) is 5.32 Å². The van der Waals surface area contributed by atoms with E-state index in [1.54, 1.807) is 0 Å². The third kappa shape index (κ3) is 2.62. The molecular formula is C19H19N5O. The molecular weight excluding hydrogens is 314 g/mol. The van der Waals surface area contributed by atoms with Gasteiger partial charge in [-0.2, -0.15) is 5.26 Å². The number of carbonyl (C=O) groups is 1. The molecule has 0 aliphatic heterocycles. The molecule has 1 N–H and O–H groups in total. The Morgan fingerprint density at radius 3 is 2.52 bits per heavy atom. The molecule has 6 nitrogen and oxygen atoms in total. The summed E-state index contributed by atoms with van der Waals surface area (Å²) >= 11 is 0. The van der Waals surface area contributed by atoms with E-state index in [9.17, 15) is 10.1 Å². The third-order valence-electron chi connectivity index (χ3n) is 4.84. The number of aromatic nitrogens is 3. The lowest BCUT2D eigenvalue weighted by molar-refractivity contribution is -0.114. The normalized spacial score (nSPS) is 15.4. The molecule has 25 heavy (non-hydrogen) atoms. The maximum Gasteiger partial charge on any atom is 0.222 e. The van der Waals surface area contributed by atoms with E-state index in [4.69, 9.17) is 4.98 Å². The lowest BCUT2D eigenvalue weighted by Gasteiger charge is -2.25. The molecule has 2 heterocycles. The summed E-state index contributed by atoms with van der Waals surface area (Å²) in [6, 6.07) is 10.1. The summed E-state index contributed by atoms with van der Waals surface area (Å²) in [6.45, 7) is 1.46. The number of benzene rings is 1. The second-order valence-corrected chi connectivity index (χ2v) is 6.56. The number of fused-ring (bicyclic) bond motifs is 2. The predicted molar refractivity (Wildman–Crippen MR) is 96.2 cm³/mol. The molecule has 1 aromatic carbocycles. The third-order valence-corrected chi connectivity index (χ3v) is 4.84. The molecule has 1 saturated carbocycles. The first kappa shape index (κ1) is 15.6. The van der Waals surface area contributed by atoms with E-state index in [1.165, 1.54) is 13.3 Å². The van der Waals surface area contributed by atoms with Gasteiger partial charge in [0.25, 0.3) is 0 Å². The van der Waals surface area contributed by atoms with Crippen molar-refractivity contribution in [3.8, 4) is 6.07 Å². The molecule has 0 unspecified atom stereocenters. The highest BCUT2D eigenvalue weighted by Crippen LogP contribution is 2.37. The maximum absolute atomic E-state index is 11.8. The van der Waals surface area contributed by atoms with Gasteiger partial charge in [0.1, 0.15) is 23.0 Å². The predicted octanol–water partition coefficient (Wildman–Crippen LogP) is 3.92. The van der Waals surface area contributed by atoms with Crippen molar-refractivity contribution in [2.24, 2.45) is 0 Å². The first-order chi connectivity index (χ1) is 12.2. The number of para-hydroxylation sites is 2. The van der Waals surface area contributed by atoms with E-state index < -0.39 is 0 Å². The van der Waals surface area contributed by atoms with Crippen LogP contribution in [0.3, 0.4) is 0 Å². The van der Waals surface area contributed by atoms with E-state index in [1.807, 2.05) is 28.8 Å².